The van der Waals surface area contributed by atoms with Crippen molar-refractivity contribution in [2.75, 3.05) is 0 Å². The van der Waals surface area contributed by atoms with E-state index in [4.69, 9.17) is 9.97 Å². The Labute approximate surface area is 233 Å². The second kappa shape index (κ2) is 8.22. The lowest BCUT2D eigenvalue weighted by atomic mass is 10.1. The monoisotopic (exact) mass is 527 g/mol. The Kier molecular flexibility index (Phi) is 4.48. The van der Waals surface area contributed by atoms with Gasteiger partial charge < -0.3 is 0 Å². The first-order chi connectivity index (χ1) is 19.8. The maximum atomic E-state index is 5.28. The average Bonchev–Trinajstić information content (AvgIpc) is 3.55. The van der Waals surface area contributed by atoms with Gasteiger partial charge in [0.15, 0.2) is 0 Å². The highest BCUT2D eigenvalue weighted by Gasteiger charge is 2.20. The van der Waals surface area contributed by atoms with Crippen molar-refractivity contribution in [3.63, 3.8) is 0 Å². The Bertz CT molecular complexity index is 2430. The topological polar surface area (TPSA) is 30.7 Å². The first kappa shape index (κ1) is 21.8. The van der Waals surface area contributed by atoms with Gasteiger partial charge in [-0.2, -0.15) is 0 Å². The normalized spacial score (nSPS) is 12.0. The van der Waals surface area contributed by atoms with Gasteiger partial charge in [-0.25, -0.2) is 9.97 Å². The fourth-order valence-corrected chi connectivity index (χ4v) is 7.43. The number of para-hydroxylation sites is 2. The third-order valence-electron chi connectivity index (χ3n) is 7.98. The third-order valence-corrected chi connectivity index (χ3v) is 9.15. The van der Waals surface area contributed by atoms with Crippen molar-refractivity contribution in [1.82, 2.24) is 14.5 Å². The van der Waals surface area contributed by atoms with E-state index >= 15 is 0 Å². The standard InChI is InChI=1S/C36H21N3S/c1-2-10-22(11-3-1)33-28-15-6-8-16-30(28)37-36(38-33)39-31-17-9-7-14-25(31)26-18-19-27-29-20-23-12-4-5-13-24(23)21-32(29)40-35(27)34(26)39/h1-21H. The number of nitrogens with zero attached hydrogens (tertiary/aromatic N) is 3. The van der Waals surface area contributed by atoms with Crippen LogP contribution in [0.2, 0.25) is 0 Å². The highest BCUT2D eigenvalue weighted by molar-refractivity contribution is 7.26. The zero-order valence-corrected chi connectivity index (χ0v) is 22.2. The molecule has 40 heavy (non-hydrogen) atoms. The largest absolute Gasteiger partial charge is 0.276 e. The van der Waals surface area contributed by atoms with Crippen LogP contribution in [0.4, 0.5) is 0 Å². The van der Waals surface area contributed by atoms with Crippen molar-refractivity contribution in [1.29, 1.82) is 0 Å². The number of rotatable bonds is 2. The van der Waals surface area contributed by atoms with Crippen LogP contribution in [0.1, 0.15) is 0 Å². The van der Waals surface area contributed by atoms with Crippen LogP contribution in [0.5, 0.6) is 0 Å². The van der Waals surface area contributed by atoms with E-state index in [0.717, 1.165) is 27.7 Å². The number of fused-ring (bicyclic) bond motifs is 9. The van der Waals surface area contributed by atoms with Crippen molar-refractivity contribution in [3.05, 3.63) is 127 Å². The van der Waals surface area contributed by atoms with E-state index in [1.54, 1.807) is 0 Å². The summed E-state index contributed by atoms with van der Waals surface area (Å²) in [5.41, 5.74) is 5.25. The molecule has 0 atom stereocenters. The van der Waals surface area contributed by atoms with Crippen LogP contribution in [-0.2, 0) is 0 Å². The van der Waals surface area contributed by atoms with Gasteiger partial charge in [-0.15, -0.1) is 11.3 Å². The van der Waals surface area contributed by atoms with E-state index in [1.807, 2.05) is 17.4 Å². The van der Waals surface area contributed by atoms with Crippen molar-refractivity contribution >= 4 is 75.0 Å². The molecule has 0 saturated carbocycles. The predicted octanol–water partition coefficient (Wildman–Crippen LogP) is 9.91. The Morgan fingerprint density at radius 3 is 2.10 bits per heavy atom. The average molecular weight is 528 g/mol. The molecule has 0 aliphatic heterocycles. The van der Waals surface area contributed by atoms with Crippen molar-refractivity contribution in [3.8, 4) is 17.2 Å². The van der Waals surface area contributed by atoms with Crippen LogP contribution in [-0.4, -0.2) is 14.5 Å². The molecule has 0 aliphatic carbocycles. The molecular weight excluding hydrogens is 506 g/mol. The summed E-state index contributed by atoms with van der Waals surface area (Å²) < 4.78 is 4.83. The van der Waals surface area contributed by atoms with E-state index in [2.05, 4.69) is 126 Å². The van der Waals surface area contributed by atoms with Crippen molar-refractivity contribution < 1.29 is 0 Å². The van der Waals surface area contributed by atoms with E-state index in [-0.39, 0.29) is 0 Å². The molecule has 9 aromatic rings. The first-order valence-electron chi connectivity index (χ1n) is 13.4. The molecule has 0 spiro atoms. The maximum Gasteiger partial charge on any atom is 0.235 e. The summed E-state index contributed by atoms with van der Waals surface area (Å²) in [5, 5.41) is 8.58. The van der Waals surface area contributed by atoms with Crippen LogP contribution >= 0.6 is 11.3 Å². The van der Waals surface area contributed by atoms with Gasteiger partial charge in [0.1, 0.15) is 0 Å². The molecule has 0 amide bonds. The fourth-order valence-electron chi connectivity index (χ4n) is 6.16. The number of thiophene rings is 1. The molecule has 3 aromatic heterocycles. The lowest BCUT2D eigenvalue weighted by molar-refractivity contribution is 1.02. The number of hydrogen-bond donors (Lipinski definition) is 0. The summed E-state index contributed by atoms with van der Waals surface area (Å²) in [7, 11) is 0. The Morgan fingerprint density at radius 2 is 1.23 bits per heavy atom. The lowest BCUT2D eigenvalue weighted by Crippen LogP contribution is -2.03. The maximum absolute atomic E-state index is 5.28. The van der Waals surface area contributed by atoms with Gasteiger partial charge in [-0.3, -0.25) is 4.57 Å². The predicted molar refractivity (Wildman–Crippen MR) is 170 cm³/mol. The van der Waals surface area contributed by atoms with E-state index in [1.165, 1.54) is 47.2 Å². The third kappa shape index (κ3) is 3.05. The molecule has 0 radical (unpaired) electrons. The number of aromatic nitrogens is 3. The molecule has 0 aliphatic rings. The molecular formula is C36H21N3S. The van der Waals surface area contributed by atoms with Gasteiger partial charge in [0.05, 0.1) is 26.9 Å². The van der Waals surface area contributed by atoms with Crippen LogP contribution in [0, 0.1) is 0 Å². The van der Waals surface area contributed by atoms with Gasteiger partial charge in [0.2, 0.25) is 5.95 Å². The Hall–Kier alpha value is -5.06. The molecule has 0 N–H and O–H groups in total. The van der Waals surface area contributed by atoms with Gasteiger partial charge in [0, 0.05) is 37.2 Å². The summed E-state index contributed by atoms with van der Waals surface area (Å²) in [6.45, 7) is 0. The second-order valence-corrected chi connectivity index (χ2v) is 11.3. The molecule has 3 nitrogen and oxygen atoms in total. The van der Waals surface area contributed by atoms with Crippen molar-refractivity contribution in [2.24, 2.45) is 0 Å². The molecule has 0 bridgehead atoms. The smallest absolute Gasteiger partial charge is 0.235 e. The minimum atomic E-state index is 0.693. The van der Waals surface area contributed by atoms with E-state index < -0.39 is 0 Å². The van der Waals surface area contributed by atoms with Crippen LogP contribution < -0.4 is 0 Å². The van der Waals surface area contributed by atoms with E-state index in [0.29, 0.717) is 5.95 Å². The summed E-state index contributed by atoms with van der Waals surface area (Å²) >= 11 is 1.86. The second-order valence-electron chi connectivity index (χ2n) is 10.2. The fraction of sp³-hybridized carbons (Fsp3) is 0. The molecule has 0 fully saturated rings. The Morgan fingerprint density at radius 1 is 0.525 bits per heavy atom. The quantitative estimate of drug-likeness (QED) is 0.224. The van der Waals surface area contributed by atoms with Gasteiger partial charge in [-0.1, -0.05) is 103 Å². The molecule has 0 saturated heterocycles. The van der Waals surface area contributed by atoms with E-state index in [9.17, 15) is 0 Å². The molecule has 0 unspecified atom stereocenters. The molecule has 6 aromatic carbocycles. The number of hydrogen-bond acceptors (Lipinski definition) is 3. The summed E-state index contributed by atoms with van der Waals surface area (Å²) in [6, 6.07) is 45.2. The molecule has 4 heteroatoms. The summed E-state index contributed by atoms with van der Waals surface area (Å²) in [4.78, 5) is 10.4. The zero-order valence-electron chi connectivity index (χ0n) is 21.4. The highest BCUT2D eigenvalue weighted by atomic mass is 32.1. The van der Waals surface area contributed by atoms with Crippen LogP contribution in [0.3, 0.4) is 0 Å². The molecule has 186 valence electrons. The Balaban J connectivity index is 1.45. The molecule has 3 heterocycles. The van der Waals surface area contributed by atoms with Gasteiger partial charge >= 0.3 is 0 Å². The van der Waals surface area contributed by atoms with Crippen LogP contribution in [0.15, 0.2) is 127 Å². The highest BCUT2D eigenvalue weighted by Crippen LogP contribution is 2.44. The minimum absolute atomic E-state index is 0.693. The minimum Gasteiger partial charge on any atom is -0.276 e. The molecule has 9 rings (SSSR count). The summed E-state index contributed by atoms with van der Waals surface area (Å²) in [6.07, 6.45) is 0. The van der Waals surface area contributed by atoms with Crippen LogP contribution in [0.25, 0.3) is 80.9 Å². The van der Waals surface area contributed by atoms with Gasteiger partial charge in [0.25, 0.3) is 0 Å². The first-order valence-corrected chi connectivity index (χ1v) is 14.2. The van der Waals surface area contributed by atoms with Gasteiger partial charge in [-0.05, 0) is 35.0 Å². The van der Waals surface area contributed by atoms with Crippen molar-refractivity contribution in [2.45, 2.75) is 0 Å². The zero-order chi connectivity index (χ0) is 26.2. The lowest BCUT2D eigenvalue weighted by Gasteiger charge is -2.12. The number of benzene rings is 6. The summed E-state index contributed by atoms with van der Waals surface area (Å²) in [5.74, 6) is 0.693. The SMILES string of the molecule is c1ccc(-c2nc(-n3c4ccccc4c4ccc5c6cc7ccccc7cc6sc5c43)nc3ccccc23)cc1.